The Labute approximate surface area is 109 Å². The van der Waals surface area contributed by atoms with Crippen molar-refractivity contribution >= 4 is 17.7 Å². The second-order valence-electron chi connectivity index (χ2n) is 5.27. The summed E-state index contributed by atoms with van der Waals surface area (Å²) in [7, 11) is 0. The molecule has 1 aliphatic heterocycles. The largest absolute Gasteiger partial charge is 0.396 e. The summed E-state index contributed by atoms with van der Waals surface area (Å²) in [5.74, 6) is 2.93. The third-order valence-corrected chi connectivity index (χ3v) is 4.17. The first-order valence-corrected chi connectivity index (χ1v) is 7.75. The van der Waals surface area contributed by atoms with E-state index in [0.717, 1.165) is 31.7 Å². The van der Waals surface area contributed by atoms with Crippen LogP contribution in [0.15, 0.2) is 0 Å². The maximum absolute atomic E-state index is 11.9. The number of piperidine rings is 1. The van der Waals surface area contributed by atoms with Crippen molar-refractivity contribution in [2.24, 2.45) is 11.8 Å². The average Bonchev–Trinajstić information content (AvgIpc) is 2.34. The molecule has 1 rings (SSSR count). The Balaban J connectivity index is 2.18. The van der Waals surface area contributed by atoms with Gasteiger partial charge >= 0.3 is 0 Å². The van der Waals surface area contributed by atoms with E-state index in [2.05, 4.69) is 13.8 Å². The van der Waals surface area contributed by atoms with Crippen LogP contribution in [0.4, 0.5) is 0 Å². The van der Waals surface area contributed by atoms with Gasteiger partial charge in [0, 0.05) is 19.7 Å². The summed E-state index contributed by atoms with van der Waals surface area (Å²) >= 11 is 1.74. The highest BCUT2D eigenvalue weighted by Crippen LogP contribution is 2.17. The fourth-order valence-corrected chi connectivity index (χ4v) is 3.15. The summed E-state index contributed by atoms with van der Waals surface area (Å²) in [6, 6.07) is 0. The van der Waals surface area contributed by atoms with Crippen molar-refractivity contribution in [1.82, 2.24) is 4.90 Å². The molecular formula is C13H25NO2S. The Morgan fingerprint density at radius 1 is 1.53 bits per heavy atom. The molecule has 1 unspecified atom stereocenters. The predicted octanol–water partition coefficient (Wildman–Crippen LogP) is 2.00. The SMILES string of the molecule is CC(C)CCSCC(=O)N1CCCC(CO)C1. The first-order chi connectivity index (χ1) is 8.13. The summed E-state index contributed by atoms with van der Waals surface area (Å²) in [6.45, 7) is 6.25. The molecule has 1 aliphatic rings. The molecule has 0 aliphatic carbocycles. The number of nitrogens with zero attached hydrogens (tertiary/aromatic N) is 1. The Morgan fingerprint density at radius 2 is 2.29 bits per heavy atom. The fraction of sp³-hybridized carbons (Fsp3) is 0.923. The van der Waals surface area contributed by atoms with E-state index in [1.807, 2.05) is 4.90 Å². The highest BCUT2D eigenvalue weighted by Gasteiger charge is 2.22. The van der Waals surface area contributed by atoms with Gasteiger partial charge in [0.2, 0.25) is 5.91 Å². The van der Waals surface area contributed by atoms with Gasteiger partial charge in [-0.3, -0.25) is 4.79 Å². The molecule has 1 fully saturated rings. The van der Waals surface area contributed by atoms with Gasteiger partial charge in [-0.2, -0.15) is 11.8 Å². The van der Waals surface area contributed by atoms with Gasteiger partial charge in [0.05, 0.1) is 5.75 Å². The third-order valence-electron chi connectivity index (χ3n) is 3.19. The Kier molecular flexibility index (Phi) is 6.97. The van der Waals surface area contributed by atoms with Crippen molar-refractivity contribution in [3.8, 4) is 0 Å². The molecule has 1 amide bonds. The van der Waals surface area contributed by atoms with E-state index in [1.165, 1.54) is 6.42 Å². The lowest BCUT2D eigenvalue weighted by Crippen LogP contribution is -2.41. The number of rotatable bonds is 6. The zero-order chi connectivity index (χ0) is 12.7. The van der Waals surface area contributed by atoms with Gasteiger partial charge in [-0.25, -0.2) is 0 Å². The lowest BCUT2D eigenvalue weighted by molar-refractivity contribution is -0.130. The number of aliphatic hydroxyl groups is 1. The Bertz CT molecular complexity index is 233. The van der Waals surface area contributed by atoms with E-state index in [4.69, 9.17) is 5.11 Å². The van der Waals surface area contributed by atoms with Crippen LogP contribution in [0.2, 0.25) is 0 Å². The predicted molar refractivity (Wildman–Crippen MR) is 73.2 cm³/mol. The van der Waals surface area contributed by atoms with Crippen molar-refractivity contribution in [2.45, 2.75) is 33.1 Å². The first-order valence-electron chi connectivity index (χ1n) is 6.60. The standard InChI is InChI=1S/C13H25NO2S/c1-11(2)5-7-17-10-13(16)14-6-3-4-12(8-14)9-15/h11-12,15H,3-10H2,1-2H3. The van der Waals surface area contributed by atoms with Crippen molar-refractivity contribution in [3.05, 3.63) is 0 Å². The molecule has 0 radical (unpaired) electrons. The number of thioether (sulfide) groups is 1. The summed E-state index contributed by atoms with van der Waals surface area (Å²) in [4.78, 5) is 13.9. The topological polar surface area (TPSA) is 40.5 Å². The fourth-order valence-electron chi connectivity index (χ4n) is 2.01. The molecule has 0 spiro atoms. The molecule has 3 nitrogen and oxygen atoms in total. The van der Waals surface area contributed by atoms with Crippen LogP contribution >= 0.6 is 11.8 Å². The van der Waals surface area contributed by atoms with Crippen LogP contribution < -0.4 is 0 Å². The maximum atomic E-state index is 11.9. The Morgan fingerprint density at radius 3 is 2.94 bits per heavy atom. The minimum Gasteiger partial charge on any atom is -0.396 e. The summed E-state index contributed by atoms with van der Waals surface area (Å²) < 4.78 is 0. The van der Waals surface area contributed by atoms with Crippen molar-refractivity contribution in [1.29, 1.82) is 0 Å². The minimum atomic E-state index is 0.213. The van der Waals surface area contributed by atoms with E-state index in [9.17, 15) is 4.79 Å². The second kappa shape index (κ2) is 7.98. The van der Waals surface area contributed by atoms with Crippen molar-refractivity contribution in [2.75, 3.05) is 31.2 Å². The Hall–Kier alpha value is -0.220. The van der Waals surface area contributed by atoms with Crippen molar-refractivity contribution < 1.29 is 9.90 Å². The molecule has 0 aromatic heterocycles. The highest BCUT2D eigenvalue weighted by atomic mass is 32.2. The second-order valence-corrected chi connectivity index (χ2v) is 6.37. The number of likely N-dealkylation sites (tertiary alicyclic amines) is 1. The number of hydrogen-bond acceptors (Lipinski definition) is 3. The molecular weight excluding hydrogens is 234 g/mol. The zero-order valence-electron chi connectivity index (χ0n) is 11.0. The third kappa shape index (κ3) is 5.77. The van der Waals surface area contributed by atoms with Gasteiger partial charge < -0.3 is 10.0 Å². The van der Waals surface area contributed by atoms with E-state index < -0.39 is 0 Å². The van der Waals surface area contributed by atoms with Crippen LogP contribution in [0.3, 0.4) is 0 Å². The zero-order valence-corrected chi connectivity index (χ0v) is 11.8. The van der Waals surface area contributed by atoms with E-state index in [0.29, 0.717) is 17.6 Å². The van der Waals surface area contributed by atoms with Crippen LogP contribution in [0.25, 0.3) is 0 Å². The molecule has 1 atom stereocenters. The van der Waals surface area contributed by atoms with Gasteiger partial charge in [-0.1, -0.05) is 13.8 Å². The molecule has 1 saturated heterocycles. The average molecular weight is 259 g/mol. The lowest BCUT2D eigenvalue weighted by atomic mass is 9.99. The van der Waals surface area contributed by atoms with Gasteiger partial charge in [0.25, 0.3) is 0 Å². The summed E-state index contributed by atoms with van der Waals surface area (Å²) in [5.41, 5.74) is 0. The number of hydrogen-bond donors (Lipinski definition) is 1. The van der Waals surface area contributed by atoms with Gasteiger partial charge in [0.1, 0.15) is 0 Å². The quantitative estimate of drug-likeness (QED) is 0.742. The highest BCUT2D eigenvalue weighted by molar-refractivity contribution is 7.99. The number of aliphatic hydroxyl groups excluding tert-OH is 1. The van der Waals surface area contributed by atoms with Crippen molar-refractivity contribution in [3.63, 3.8) is 0 Å². The summed E-state index contributed by atoms with van der Waals surface area (Å²) in [6.07, 6.45) is 3.27. The van der Waals surface area contributed by atoms with E-state index in [-0.39, 0.29) is 12.5 Å². The van der Waals surface area contributed by atoms with E-state index >= 15 is 0 Å². The van der Waals surface area contributed by atoms with Gasteiger partial charge in [0.15, 0.2) is 0 Å². The molecule has 4 heteroatoms. The molecule has 1 N–H and O–H groups in total. The van der Waals surface area contributed by atoms with Crippen LogP contribution in [-0.2, 0) is 4.79 Å². The number of carbonyl (C=O) groups is 1. The first kappa shape index (κ1) is 14.8. The molecule has 0 aromatic rings. The molecule has 17 heavy (non-hydrogen) atoms. The lowest BCUT2D eigenvalue weighted by Gasteiger charge is -2.31. The van der Waals surface area contributed by atoms with E-state index in [1.54, 1.807) is 11.8 Å². The minimum absolute atomic E-state index is 0.213. The van der Waals surface area contributed by atoms with Crippen LogP contribution in [0, 0.1) is 11.8 Å². The monoisotopic (exact) mass is 259 g/mol. The van der Waals surface area contributed by atoms with Crippen LogP contribution in [-0.4, -0.2) is 47.1 Å². The normalized spacial score (nSPS) is 20.9. The molecule has 0 bridgehead atoms. The smallest absolute Gasteiger partial charge is 0.232 e. The van der Waals surface area contributed by atoms with Crippen LogP contribution in [0.1, 0.15) is 33.1 Å². The van der Waals surface area contributed by atoms with Gasteiger partial charge in [-0.05, 0) is 36.9 Å². The number of carbonyl (C=O) groups excluding carboxylic acids is 1. The maximum Gasteiger partial charge on any atom is 0.232 e. The summed E-state index contributed by atoms with van der Waals surface area (Å²) in [5, 5.41) is 9.12. The van der Waals surface area contributed by atoms with Gasteiger partial charge in [-0.15, -0.1) is 0 Å². The molecule has 0 aromatic carbocycles. The molecule has 0 saturated carbocycles. The van der Waals surface area contributed by atoms with Crippen LogP contribution in [0.5, 0.6) is 0 Å². The number of amides is 1. The molecule has 1 heterocycles. The molecule has 100 valence electrons.